The van der Waals surface area contributed by atoms with Crippen LogP contribution >= 0.6 is 0 Å². The fourth-order valence-electron chi connectivity index (χ4n) is 1.40. The van der Waals surface area contributed by atoms with E-state index in [-0.39, 0.29) is 5.78 Å². The van der Waals surface area contributed by atoms with Gasteiger partial charge in [-0.1, -0.05) is 26.0 Å². The van der Waals surface area contributed by atoms with Crippen molar-refractivity contribution >= 4 is 5.78 Å². The third-order valence-corrected chi connectivity index (χ3v) is 2.42. The van der Waals surface area contributed by atoms with E-state index < -0.39 is 0 Å². The summed E-state index contributed by atoms with van der Waals surface area (Å²) < 4.78 is 0. The molecule has 0 atom stereocenters. The van der Waals surface area contributed by atoms with Gasteiger partial charge in [0, 0.05) is 12.0 Å². The van der Waals surface area contributed by atoms with Gasteiger partial charge in [-0.2, -0.15) is 0 Å². The van der Waals surface area contributed by atoms with Gasteiger partial charge in [0.05, 0.1) is 0 Å². The van der Waals surface area contributed by atoms with Crippen LogP contribution in [-0.2, 0) is 0 Å². The lowest BCUT2D eigenvalue weighted by molar-refractivity contribution is 0.0968. The van der Waals surface area contributed by atoms with Gasteiger partial charge in [-0.15, -0.1) is 0 Å². The van der Waals surface area contributed by atoms with E-state index in [0.29, 0.717) is 12.3 Å². The van der Waals surface area contributed by atoms with Crippen molar-refractivity contribution in [2.75, 3.05) is 0 Å². The minimum Gasteiger partial charge on any atom is -0.294 e. The molecule has 0 amide bonds. The molecule has 0 unspecified atom stereocenters. The Morgan fingerprint density at radius 1 is 1.21 bits per heavy atom. The van der Waals surface area contributed by atoms with E-state index in [9.17, 15) is 4.79 Å². The lowest BCUT2D eigenvalue weighted by atomic mass is 9.98. The maximum atomic E-state index is 11.7. The van der Waals surface area contributed by atoms with Crippen LogP contribution in [0.15, 0.2) is 18.2 Å². The lowest BCUT2D eigenvalue weighted by Gasteiger charge is -2.06. The minimum absolute atomic E-state index is 0.253. The first-order chi connectivity index (χ1) is 6.50. The Kier molecular flexibility index (Phi) is 3.45. The maximum absolute atomic E-state index is 11.7. The van der Waals surface area contributed by atoms with Crippen LogP contribution in [0.5, 0.6) is 0 Å². The molecule has 1 aromatic carbocycles. The van der Waals surface area contributed by atoms with Crippen LogP contribution in [0.25, 0.3) is 0 Å². The van der Waals surface area contributed by atoms with Gasteiger partial charge in [0.2, 0.25) is 0 Å². The standard InChI is InChI=1S/C13H18O/c1-9(2)7-13(14)12-6-5-10(3)11(4)8-12/h5-6,8-9H,7H2,1-4H3. The summed E-state index contributed by atoms with van der Waals surface area (Å²) in [6.07, 6.45) is 0.641. The smallest absolute Gasteiger partial charge is 0.163 e. The van der Waals surface area contributed by atoms with E-state index in [1.165, 1.54) is 11.1 Å². The van der Waals surface area contributed by atoms with Crippen LogP contribution in [0, 0.1) is 19.8 Å². The molecule has 0 aliphatic rings. The van der Waals surface area contributed by atoms with Gasteiger partial charge in [-0.25, -0.2) is 0 Å². The highest BCUT2D eigenvalue weighted by atomic mass is 16.1. The number of ketones is 1. The molecular weight excluding hydrogens is 172 g/mol. The molecule has 0 bridgehead atoms. The fraction of sp³-hybridized carbons (Fsp3) is 0.462. The van der Waals surface area contributed by atoms with Gasteiger partial charge in [-0.3, -0.25) is 4.79 Å². The second-order valence-corrected chi connectivity index (χ2v) is 4.32. The molecule has 0 radical (unpaired) electrons. The summed E-state index contributed by atoms with van der Waals surface area (Å²) in [5, 5.41) is 0. The summed E-state index contributed by atoms with van der Waals surface area (Å²) >= 11 is 0. The molecule has 0 spiro atoms. The maximum Gasteiger partial charge on any atom is 0.163 e. The molecule has 1 rings (SSSR count). The van der Waals surface area contributed by atoms with E-state index in [1.807, 2.05) is 25.1 Å². The molecule has 76 valence electrons. The fourth-order valence-corrected chi connectivity index (χ4v) is 1.40. The van der Waals surface area contributed by atoms with Crippen molar-refractivity contribution in [3.8, 4) is 0 Å². The Bertz CT molecular complexity index is 337. The van der Waals surface area contributed by atoms with Crippen molar-refractivity contribution in [3.05, 3.63) is 34.9 Å². The Morgan fingerprint density at radius 2 is 1.86 bits per heavy atom. The predicted octanol–water partition coefficient (Wildman–Crippen LogP) is 3.53. The highest BCUT2D eigenvalue weighted by Crippen LogP contribution is 2.13. The normalized spacial score (nSPS) is 10.6. The SMILES string of the molecule is Cc1ccc(C(=O)CC(C)C)cc1C. The first-order valence-corrected chi connectivity index (χ1v) is 5.11. The molecule has 1 heteroatoms. The van der Waals surface area contributed by atoms with Gasteiger partial charge in [0.1, 0.15) is 0 Å². The highest BCUT2D eigenvalue weighted by Gasteiger charge is 2.08. The van der Waals surface area contributed by atoms with E-state index in [4.69, 9.17) is 0 Å². The summed E-state index contributed by atoms with van der Waals surface area (Å²) in [6.45, 7) is 8.24. The predicted molar refractivity (Wildman–Crippen MR) is 59.7 cm³/mol. The van der Waals surface area contributed by atoms with Crippen LogP contribution in [0.2, 0.25) is 0 Å². The van der Waals surface area contributed by atoms with Crippen LogP contribution in [0.4, 0.5) is 0 Å². The average Bonchev–Trinajstić information content (AvgIpc) is 2.08. The molecule has 0 aromatic heterocycles. The Hall–Kier alpha value is -1.11. The molecule has 0 saturated carbocycles. The van der Waals surface area contributed by atoms with Crippen molar-refractivity contribution in [2.24, 2.45) is 5.92 Å². The molecular formula is C13H18O. The average molecular weight is 190 g/mol. The molecule has 0 fully saturated rings. The second kappa shape index (κ2) is 4.41. The van der Waals surface area contributed by atoms with Crippen LogP contribution < -0.4 is 0 Å². The summed E-state index contributed by atoms with van der Waals surface area (Å²) in [5.41, 5.74) is 3.28. The number of carbonyl (C=O) groups is 1. The van der Waals surface area contributed by atoms with Crippen LogP contribution in [-0.4, -0.2) is 5.78 Å². The number of aryl methyl sites for hydroxylation is 2. The largest absolute Gasteiger partial charge is 0.294 e. The quantitative estimate of drug-likeness (QED) is 0.666. The summed E-state index contributed by atoms with van der Waals surface area (Å²) in [6, 6.07) is 5.93. The van der Waals surface area contributed by atoms with E-state index in [0.717, 1.165) is 5.56 Å². The third kappa shape index (κ3) is 2.69. The molecule has 0 aliphatic heterocycles. The molecule has 1 nitrogen and oxygen atoms in total. The molecule has 1 aromatic rings. The molecule has 14 heavy (non-hydrogen) atoms. The number of hydrogen-bond donors (Lipinski definition) is 0. The van der Waals surface area contributed by atoms with Crippen molar-refractivity contribution in [3.63, 3.8) is 0 Å². The van der Waals surface area contributed by atoms with Crippen LogP contribution in [0.1, 0.15) is 41.8 Å². The topological polar surface area (TPSA) is 17.1 Å². The van der Waals surface area contributed by atoms with Crippen molar-refractivity contribution in [1.82, 2.24) is 0 Å². The van der Waals surface area contributed by atoms with E-state index in [2.05, 4.69) is 20.8 Å². The molecule has 0 saturated heterocycles. The van der Waals surface area contributed by atoms with E-state index in [1.54, 1.807) is 0 Å². The minimum atomic E-state index is 0.253. The van der Waals surface area contributed by atoms with Gasteiger partial charge < -0.3 is 0 Å². The molecule has 0 aliphatic carbocycles. The van der Waals surface area contributed by atoms with Gasteiger partial charge in [-0.05, 0) is 37.0 Å². The van der Waals surface area contributed by atoms with Crippen molar-refractivity contribution in [1.29, 1.82) is 0 Å². The first kappa shape index (κ1) is 11.0. The van der Waals surface area contributed by atoms with Gasteiger partial charge in [0.15, 0.2) is 5.78 Å². The molecule has 0 heterocycles. The zero-order chi connectivity index (χ0) is 10.7. The van der Waals surface area contributed by atoms with Crippen LogP contribution in [0.3, 0.4) is 0 Å². The first-order valence-electron chi connectivity index (χ1n) is 5.11. The van der Waals surface area contributed by atoms with E-state index >= 15 is 0 Å². The second-order valence-electron chi connectivity index (χ2n) is 4.32. The molecule has 0 N–H and O–H groups in total. The summed E-state index contributed by atoms with van der Waals surface area (Å²) in [4.78, 5) is 11.7. The Balaban J connectivity index is 2.86. The highest BCUT2D eigenvalue weighted by molar-refractivity contribution is 5.96. The zero-order valence-electron chi connectivity index (χ0n) is 9.42. The third-order valence-electron chi connectivity index (χ3n) is 2.42. The van der Waals surface area contributed by atoms with Gasteiger partial charge in [0.25, 0.3) is 0 Å². The Morgan fingerprint density at radius 3 is 2.36 bits per heavy atom. The number of carbonyl (C=O) groups excluding carboxylic acids is 1. The number of hydrogen-bond acceptors (Lipinski definition) is 1. The van der Waals surface area contributed by atoms with Crippen molar-refractivity contribution < 1.29 is 4.79 Å². The number of rotatable bonds is 3. The number of Topliss-reactive ketones (excluding diaryl/α,β-unsaturated/α-hetero) is 1. The zero-order valence-corrected chi connectivity index (χ0v) is 9.42. The van der Waals surface area contributed by atoms with Gasteiger partial charge >= 0.3 is 0 Å². The number of benzene rings is 1. The summed E-state index contributed by atoms with van der Waals surface area (Å²) in [5.74, 6) is 0.687. The van der Waals surface area contributed by atoms with Crippen molar-refractivity contribution in [2.45, 2.75) is 34.1 Å². The lowest BCUT2D eigenvalue weighted by Crippen LogP contribution is -2.03. The monoisotopic (exact) mass is 190 g/mol. The summed E-state index contributed by atoms with van der Waals surface area (Å²) in [7, 11) is 0. The Labute approximate surface area is 86.1 Å².